The van der Waals surface area contributed by atoms with Crippen LogP contribution in [0, 0.1) is 6.92 Å². The van der Waals surface area contributed by atoms with Gasteiger partial charge in [0, 0.05) is 0 Å². The van der Waals surface area contributed by atoms with Gasteiger partial charge < -0.3 is 9.47 Å². The van der Waals surface area contributed by atoms with Crippen LogP contribution in [-0.2, 0) is 0 Å². The van der Waals surface area contributed by atoms with Crippen molar-refractivity contribution in [2.75, 3.05) is 13.2 Å². The molecule has 0 fully saturated rings. The van der Waals surface area contributed by atoms with Gasteiger partial charge in [-0.1, -0.05) is 52.4 Å². The highest BCUT2D eigenvalue weighted by atomic mass is 16.5. The van der Waals surface area contributed by atoms with Crippen molar-refractivity contribution in [3.05, 3.63) is 31.2 Å². The van der Waals surface area contributed by atoms with Gasteiger partial charge in [-0.15, -0.1) is 0 Å². The van der Waals surface area contributed by atoms with Crippen molar-refractivity contribution in [3.63, 3.8) is 0 Å². The summed E-state index contributed by atoms with van der Waals surface area (Å²) in [5.74, 6) is 1.86. The normalized spacial score (nSPS) is 10.5. The first-order valence-electron chi connectivity index (χ1n) is 8.01. The highest BCUT2D eigenvalue weighted by Gasteiger charge is 1.97. The molecule has 0 atom stereocenters. The second-order valence-electron chi connectivity index (χ2n) is 5.14. The van der Waals surface area contributed by atoms with Gasteiger partial charge in [-0.05, 0) is 37.1 Å². The van der Waals surface area contributed by atoms with Crippen molar-refractivity contribution in [2.45, 2.75) is 58.3 Å². The Bertz CT molecular complexity index is 286. The number of hydrogen-bond acceptors (Lipinski definition) is 2. The Kier molecular flexibility index (Phi) is 9.81. The van der Waals surface area contributed by atoms with Crippen LogP contribution in [0.3, 0.4) is 0 Å². The number of rotatable bonds is 12. The lowest BCUT2D eigenvalue weighted by Gasteiger charge is -2.08. The Balaban J connectivity index is 2.13. The molecule has 0 amide bonds. The van der Waals surface area contributed by atoms with E-state index in [1.807, 2.05) is 24.3 Å². The number of ether oxygens (including phenoxy) is 2. The molecule has 1 aromatic carbocycles. The quantitative estimate of drug-likeness (QED) is 0.475. The number of benzene rings is 1. The monoisotopic (exact) mass is 277 g/mol. The lowest BCUT2D eigenvalue weighted by Crippen LogP contribution is -1.99. The highest BCUT2D eigenvalue weighted by Crippen LogP contribution is 2.18. The van der Waals surface area contributed by atoms with E-state index in [1.54, 1.807) is 0 Å². The summed E-state index contributed by atoms with van der Waals surface area (Å²) < 4.78 is 11.4. The second-order valence-corrected chi connectivity index (χ2v) is 5.14. The molecule has 0 heterocycles. The van der Waals surface area contributed by atoms with Gasteiger partial charge in [-0.2, -0.15) is 0 Å². The molecule has 0 unspecified atom stereocenters. The lowest BCUT2D eigenvalue weighted by molar-refractivity contribution is 0.297. The van der Waals surface area contributed by atoms with Crippen LogP contribution in [0.5, 0.6) is 11.5 Å². The summed E-state index contributed by atoms with van der Waals surface area (Å²) in [7, 11) is 0. The van der Waals surface area contributed by atoms with Crippen molar-refractivity contribution in [1.29, 1.82) is 0 Å². The summed E-state index contributed by atoms with van der Waals surface area (Å²) in [6, 6.07) is 7.96. The fourth-order valence-corrected chi connectivity index (χ4v) is 2.00. The molecule has 20 heavy (non-hydrogen) atoms. The molecule has 2 heteroatoms. The maximum Gasteiger partial charge on any atom is 0.119 e. The molecule has 2 nitrogen and oxygen atoms in total. The van der Waals surface area contributed by atoms with E-state index in [2.05, 4.69) is 13.8 Å². The smallest absolute Gasteiger partial charge is 0.119 e. The first-order valence-corrected chi connectivity index (χ1v) is 8.01. The average Bonchev–Trinajstić information content (AvgIpc) is 2.48. The third-order valence-electron chi connectivity index (χ3n) is 3.25. The zero-order valence-electron chi connectivity index (χ0n) is 12.9. The molecule has 0 aliphatic rings. The topological polar surface area (TPSA) is 18.5 Å². The highest BCUT2D eigenvalue weighted by molar-refractivity contribution is 5.31. The van der Waals surface area contributed by atoms with E-state index in [0.717, 1.165) is 44.0 Å². The molecule has 0 bridgehead atoms. The molecule has 0 aromatic heterocycles. The molecule has 0 aliphatic heterocycles. The summed E-state index contributed by atoms with van der Waals surface area (Å²) in [5, 5.41) is 0. The number of unbranched alkanes of at least 4 members (excludes halogenated alkanes) is 6. The molecule has 0 aliphatic carbocycles. The van der Waals surface area contributed by atoms with Crippen LogP contribution in [-0.4, -0.2) is 13.2 Å². The second kappa shape index (κ2) is 11.6. The Morgan fingerprint density at radius 2 is 1.25 bits per heavy atom. The van der Waals surface area contributed by atoms with Gasteiger partial charge in [-0.25, -0.2) is 0 Å². The minimum absolute atomic E-state index is 0.789. The van der Waals surface area contributed by atoms with E-state index in [1.165, 1.54) is 32.1 Å². The van der Waals surface area contributed by atoms with Crippen LogP contribution in [0.4, 0.5) is 0 Å². The minimum Gasteiger partial charge on any atom is -0.494 e. The van der Waals surface area contributed by atoms with Crippen molar-refractivity contribution < 1.29 is 9.47 Å². The molecule has 0 saturated carbocycles. The third-order valence-corrected chi connectivity index (χ3v) is 3.25. The molecule has 0 spiro atoms. The Labute approximate surface area is 124 Å². The lowest BCUT2D eigenvalue weighted by atomic mass is 10.2. The SMILES string of the molecule is [CH2]CCCCCOc1ccc(OCCCCCC)cc1. The maximum atomic E-state index is 5.70. The van der Waals surface area contributed by atoms with Crippen LogP contribution in [0.25, 0.3) is 0 Å². The largest absolute Gasteiger partial charge is 0.494 e. The summed E-state index contributed by atoms with van der Waals surface area (Å²) >= 11 is 0. The standard InChI is InChI=1S/C18H29O2/c1-3-5-7-9-15-19-17-11-13-18(14-12-17)20-16-10-8-6-4-2/h11-14H,1,3-10,15-16H2,2H3. The summed E-state index contributed by atoms with van der Waals surface area (Å²) in [4.78, 5) is 0. The predicted octanol–water partition coefficient (Wildman–Crippen LogP) is 5.42. The van der Waals surface area contributed by atoms with Gasteiger partial charge in [0.25, 0.3) is 0 Å². The minimum atomic E-state index is 0.789. The molecule has 0 saturated heterocycles. The molecule has 0 N–H and O–H groups in total. The zero-order chi connectivity index (χ0) is 14.5. The van der Waals surface area contributed by atoms with Gasteiger partial charge >= 0.3 is 0 Å². The summed E-state index contributed by atoms with van der Waals surface area (Å²) in [6.07, 6.45) is 9.46. The molecular formula is C18H29O2. The van der Waals surface area contributed by atoms with E-state index >= 15 is 0 Å². The molecule has 113 valence electrons. The summed E-state index contributed by atoms with van der Waals surface area (Å²) in [6.45, 7) is 7.66. The fraction of sp³-hybridized carbons (Fsp3) is 0.611. The first kappa shape index (κ1) is 16.9. The average molecular weight is 277 g/mol. The number of hydrogen-bond donors (Lipinski definition) is 0. The van der Waals surface area contributed by atoms with Crippen LogP contribution >= 0.6 is 0 Å². The molecular weight excluding hydrogens is 248 g/mol. The maximum absolute atomic E-state index is 5.70. The van der Waals surface area contributed by atoms with Crippen LogP contribution < -0.4 is 9.47 Å². The van der Waals surface area contributed by atoms with Gasteiger partial charge in [0.15, 0.2) is 0 Å². The van der Waals surface area contributed by atoms with Crippen LogP contribution in [0.2, 0.25) is 0 Å². The van der Waals surface area contributed by atoms with Crippen molar-refractivity contribution in [1.82, 2.24) is 0 Å². The molecule has 1 aromatic rings. The van der Waals surface area contributed by atoms with Gasteiger partial charge in [0.05, 0.1) is 13.2 Å². The Morgan fingerprint density at radius 1 is 0.750 bits per heavy atom. The van der Waals surface area contributed by atoms with Crippen molar-refractivity contribution in [3.8, 4) is 11.5 Å². The first-order chi connectivity index (χ1) is 9.86. The predicted molar refractivity (Wildman–Crippen MR) is 85.4 cm³/mol. The van der Waals surface area contributed by atoms with Gasteiger partial charge in [-0.3, -0.25) is 0 Å². The fourth-order valence-electron chi connectivity index (χ4n) is 2.00. The zero-order valence-corrected chi connectivity index (χ0v) is 12.9. The third kappa shape index (κ3) is 8.08. The van der Waals surface area contributed by atoms with Crippen molar-refractivity contribution >= 4 is 0 Å². The van der Waals surface area contributed by atoms with Gasteiger partial charge in [0.1, 0.15) is 11.5 Å². The van der Waals surface area contributed by atoms with Crippen LogP contribution in [0.15, 0.2) is 24.3 Å². The van der Waals surface area contributed by atoms with Crippen molar-refractivity contribution in [2.24, 2.45) is 0 Å². The Hall–Kier alpha value is -1.18. The Morgan fingerprint density at radius 3 is 1.70 bits per heavy atom. The van der Waals surface area contributed by atoms with E-state index in [9.17, 15) is 0 Å². The molecule has 1 radical (unpaired) electrons. The van der Waals surface area contributed by atoms with E-state index in [0.29, 0.717) is 0 Å². The molecule has 1 rings (SSSR count). The van der Waals surface area contributed by atoms with Crippen LogP contribution in [0.1, 0.15) is 58.3 Å². The summed E-state index contributed by atoms with van der Waals surface area (Å²) in [5.41, 5.74) is 0. The van der Waals surface area contributed by atoms with E-state index in [-0.39, 0.29) is 0 Å². The van der Waals surface area contributed by atoms with Gasteiger partial charge in [0.2, 0.25) is 0 Å². The van der Waals surface area contributed by atoms with E-state index < -0.39 is 0 Å². The van der Waals surface area contributed by atoms with E-state index in [4.69, 9.17) is 9.47 Å².